The number of carbonyl (C=O) groups is 1. The Labute approximate surface area is 68.9 Å². The molecular formula is C6H10N3OS+. The average molecular weight is 172 g/mol. The number of aryl methyl sites for hydroxylation is 2. The molecule has 5 heteroatoms. The Morgan fingerprint density at radius 2 is 2.36 bits per heavy atom. The zero-order valence-corrected chi connectivity index (χ0v) is 7.53. The topological polar surface area (TPSA) is 45.9 Å². The zero-order valence-electron chi connectivity index (χ0n) is 6.71. The molecule has 0 aliphatic carbocycles. The Bertz CT molecular complexity index is 262. The van der Waals surface area contributed by atoms with Crippen LogP contribution >= 0.6 is 11.3 Å². The van der Waals surface area contributed by atoms with Crippen molar-refractivity contribution in [3.05, 3.63) is 5.01 Å². The fourth-order valence-electron chi connectivity index (χ4n) is 0.634. The van der Waals surface area contributed by atoms with Gasteiger partial charge in [0, 0.05) is 18.9 Å². The summed E-state index contributed by atoms with van der Waals surface area (Å²) < 4.78 is 1.73. The summed E-state index contributed by atoms with van der Waals surface area (Å²) in [5.74, 6) is -0.0839. The first-order valence-electron chi connectivity index (χ1n) is 3.21. The van der Waals surface area contributed by atoms with Gasteiger partial charge in [-0.3, -0.25) is 10.1 Å². The van der Waals surface area contributed by atoms with E-state index in [0.717, 1.165) is 5.01 Å². The third-order valence-electron chi connectivity index (χ3n) is 1.22. The van der Waals surface area contributed by atoms with Crippen molar-refractivity contribution in [1.29, 1.82) is 0 Å². The summed E-state index contributed by atoms with van der Waals surface area (Å²) in [5.41, 5.74) is 0. The van der Waals surface area contributed by atoms with E-state index in [1.165, 1.54) is 18.3 Å². The third-order valence-corrected chi connectivity index (χ3v) is 2.16. The SMILES string of the molecule is CC(=O)Nc1n[n+](C)c(C)s1. The number of carbonyl (C=O) groups excluding carboxylic acids is 1. The standard InChI is InChI=1S/C6H9N3OS/c1-4(10)7-6-8-9(3)5(2)11-6/h1-3H3/p+1. The molecule has 0 aromatic carbocycles. The third kappa shape index (κ3) is 1.98. The summed E-state index contributed by atoms with van der Waals surface area (Å²) in [6, 6.07) is 0. The summed E-state index contributed by atoms with van der Waals surface area (Å²) in [4.78, 5) is 10.6. The number of nitrogens with one attached hydrogen (secondary N) is 1. The Hall–Kier alpha value is -0.970. The molecule has 0 saturated heterocycles. The van der Waals surface area contributed by atoms with Crippen LogP contribution < -0.4 is 10.00 Å². The molecule has 1 N–H and O–H groups in total. The molecule has 60 valence electrons. The van der Waals surface area contributed by atoms with Crippen molar-refractivity contribution in [1.82, 2.24) is 5.10 Å². The normalized spacial score (nSPS) is 9.73. The molecule has 0 atom stereocenters. The van der Waals surface area contributed by atoms with Gasteiger partial charge < -0.3 is 0 Å². The minimum atomic E-state index is -0.0839. The molecule has 1 aromatic rings. The van der Waals surface area contributed by atoms with Crippen LogP contribution in [0.1, 0.15) is 11.9 Å². The molecule has 0 unspecified atom stereocenters. The predicted molar refractivity (Wildman–Crippen MR) is 42.3 cm³/mol. The van der Waals surface area contributed by atoms with Crippen LogP contribution in [0.15, 0.2) is 0 Å². The van der Waals surface area contributed by atoms with Gasteiger partial charge in [0.1, 0.15) is 0 Å². The Balaban J connectivity index is 2.81. The van der Waals surface area contributed by atoms with Crippen LogP contribution in [0, 0.1) is 6.92 Å². The van der Waals surface area contributed by atoms with Crippen LogP contribution in [0.4, 0.5) is 5.13 Å². The molecule has 11 heavy (non-hydrogen) atoms. The van der Waals surface area contributed by atoms with Crippen molar-refractivity contribution < 1.29 is 9.48 Å². The Kier molecular flexibility index (Phi) is 2.19. The van der Waals surface area contributed by atoms with Crippen molar-refractivity contribution in [3.8, 4) is 0 Å². The molecule has 0 aliphatic rings. The smallest absolute Gasteiger partial charge is 0.263 e. The van der Waals surface area contributed by atoms with E-state index in [-0.39, 0.29) is 5.91 Å². The van der Waals surface area contributed by atoms with Gasteiger partial charge in [0.05, 0.1) is 0 Å². The monoisotopic (exact) mass is 172 g/mol. The van der Waals surface area contributed by atoms with Gasteiger partial charge in [0.25, 0.3) is 10.1 Å². The van der Waals surface area contributed by atoms with E-state index in [1.54, 1.807) is 4.68 Å². The molecule has 0 saturated carbocycles. The molecule has 0 radical (unpaired) electrons. The molecule has 0 fully saturated rings. The van der Waals surface area contributed by atoms with Gasteiger partial charge in [-0.1, -0.05) is 4.68 Å². The fourth-order valence-corrected chi connectivity index (χ4v) is 1.44. The van der Waals surface area contributed by atoms with Gasteiger partial charge in [-0.05, 0) is 11.3 Å². The Morgan fingerprint density at radius 1 is 1.73 bits per heavy atom. The van der Waals surface area contributed by atoms with E-state index >= 15 is 0 Å². The lowest BCUT2D eigenvalue weighted by Crippen LogP contribution is -2.32. The van der Waals surface area contributed by atoms with Gasteiger partial charge in [-0.15, -0.1) is 0 Å². The van der Waals surface area contributed by atoms with Crippen LogP contribution in [0.2, 0.25) is 0 Å². The second-order valence-corrected chi connectivity index (χ2v) is 3.41. The zero-order chi connectivity index (χ0) is 8.43. The van der Waals surface area contributed by atoms with Crippen molar-refractivity contribution in [2.24, 2.45) is 7.05 Å². The second kappa shape index (κ2) is 2.96. The molecule has 4 nitrogen and oxygen atoms in total. The highest BCUT2D eigenvalue weighted by Gasteiger charge is 2.11. The van der Waals surface area contributed by atoms with Crippen LogP contribution in [-0.4, -0.2) is 11.0 Å². The van der Waals surface area contributed by atoms with Crippen molar-refractivity contribution in [2.75, 3.05) is 5.32 Å². The number of anilines is 1. The van der Waals surface area contributed by atoms with E-state index < -0.39 is 0 Å². The molecular weight excluding hydrogens is 162 g/mol. The predicted octanol–water partition coefficient (Wildman–Crippen LogP) is 0.234. The van der Waals surface area contributed by atoms with E-state index in [1.807, 2.05) is 14.0 Å². The minimum absolute atomic E-state index is 0.0839. The van der Waals surface area contributed by atoms with Gasteiger partial charge in [0.2, 0.25) is 5.91 Å². The van der Waals surface area contributed by atoms with Crippen molar-refractivity contribution >= 4 is 22.4 Å². The molecule has 0 spiro atoms. The van der Waals surface area contributed by atoms with Gasteiger partial charge in [-0.2, -0.15) is 0 Å². The number of rotatable bonds is 1. The number of aromatic nitrogens is 2. The van der Waals surface area contributed by atoms with Crippen LogP contribution in [0.25, 0.3) is 0 Å². The number of amides is 1. The molecule has 1 amide bonds. The quantitative estimate of drug-likeness (QED) is 0.616. The summed E-state index contributed by atoms with van der Waals surface area (Å²) in [6.07, 6.45) is 0. The molecule has 0 aliphatic heterocycles. The number of hydrogen-bond acceptors (Lipinski definition) is 3. The summed E-state index contributed by atoms with van der Waals surface area (Å²) >= 11 is 1.46. The molecule has 1 rings (SSSR count). The van der Waals surface area contributed by atoms with E-state index in [0.29, 0.717) is 5.13 Å². The first-order chi connectivity index (χ1) is 5.09. The van der Waals surface area contributed by atoms with E-state index in [4.69, 9.17) is 0 Å². The highest BCUT2D eigenvalue weighted by Crippen LogP contribution is 2.11. The maximum Gasteiger partial charge on any atom is 0.263 e. The largest absolute Gasteiger partial charge is 0.297 e. The van der Waals surface area contributed by atoms with Gasteiger partial charge >= 0.3 is 0 Å². The first kappa shape index (κ1) is 8.13. The van der Waals surface area contributed by atoms with Crippen LogP contribution in [-0.2, 0) is 11.8 Å². The van der Waals surface area contributed by atoms with E-state index in [9.17, 15) is 4.79 Å². The highest BCUT2D eigenvalue weighted by molar-refractivity contribution is 7.15. The molecule has 1 heterocycles. The van der Waals surface area contributed by atoms with E-state index in [2.05, 4.69) is 10.4 Å². The maximum atomic E-state index is 10.6. The first-order valence-corrected chi connectivity index (χ1v) is 4.02. The van der Waals surface area contributed by atoms with Crippen molar-refractivity contribution in [2.45, 2.75) is 13.8 Å². The van der Waals surface area contributed by atoms with Crippen LogP contribution in [0.3, 0.4) is 0 Å². The highest BCUT2D eigenvalue weighted by atomic mass is 32.1. The lowest BCUT2D eigenvalue weighted by molar-refractivity contribution is -0.729. The summed E-state index contributed by atoms with van der Waals surface area (Å²) in [7, 11) is 1.84. The van der Waals surface area contributed by atoms with Gasteiger partial charge in [-0.25, -0.2) is 0 Å². The number of hydrogen-bond donors (Lipinski definition) is 1. The minimum Gasteiger partial charge on any atom is -0.297 e. The fraction of sp³-hybridized carbons (Fsp3) is 0.500. The summed E-state index contributed by atoms with van der Waals surface area (Å²) in [5, 5.41) is 8.38. The maximum absolute atomic E-state index is 10.6. The van der Waals surface area contributed by atoms with Crippen LogP contribution in [0.5, 0.6) is 0 Å². The lowest BCUT2D eigenvalue weighted by Gasteiger charge is -1.87. The van der Waals surface area contributed by atoms with Crippen molar-refractivity contribution in [3.63, 3.8) is 0 Å². The number of nitrogens with zero attached hydrogens (tertiary/aromatic N) is 2. The molecule has 0 bridgehead atoms. The average Bonchev–Trinajstić information content (AvgIpc) is 2.10. The summed E-state index contributed by atoms with van der Waals surface area (Å²) in [6.45, 7) is 3.42. The lowest BCUT2D eigenvalue weighted by atomic mass is 10.7. The Morgan fingerprint density at radius 3 is 2.73 bits per heavy atom. The van der Waals surface area contributed by atoms with Gasteiger partial charge in [0.15, 0.2) is 7.05 Å². The second-order valence-electron chi connectivity index (χ2n) is 2.23. The molecule has 1 aromatic heterocycles.